The summed E-state index contributed by atoms with van der Waals surface area (Å²) in [6.07, 6.45) is 0. The summed E-state index contributed by atoms with van der Waals surface area (Å²) in [5.41, 5.74) is 10.4. The summed E-state index contributed by atoms with van der Waals surface area (Å²) in [6, 6.07) is 16.9. The molecule has 1 heterocycles. The number of rotatable bonds is 3. The number of hydrogen-bond acceptors (Lipinski definition) is 2. The molecule has 1 aromatic heterocycles. The highest BCUT2D eigenvalue weighted by Gasteiger charge is 2.16. The van der Waals surface area contributed by atoms with Crippen molar-refractivity contribution in [1.29, 1.82) is 0 Å². The zero-order valence-corrected chi connectivity index (χ0v) is 11.9. The lowest BCUT2D eigenvalue weighted by molar-refractivity contribution is 0.579. The fourth-order valence-electron chi connectivity index (χ4n) is 2.58. The van der Waals surface area contributed by atoms with Crippen LogP contribution in [-0.4, -0.2) is 16.1 Å². The molecule has 3 nitrogen and oxygen atoms in total. The third-order valence-electron chi connectivity index (χ3n) is 3.65. The molecule has 3 aromatic rings. The molecule has 0 bridgehead atoms. The molecule has 102 valence electrons. The topological polar surface area (TPSA) is 43.8 Å². The first-order valence-electron chi connectivity index (χ1n) is 6.95. The Morgan fingerprint density at radius 2 is 1.95 bits per heavy atom. The van der Waals surface area contributed by atoms with E-state index in [1.54, 1.807) is 0 Å². The van der Waals surface area contributed by atoms with Crippen molar-refractivity contribution in [3.8, 4) is 11.4 Å². The van der Waals surface area contributed by atoms with Crippen molar-refractivity contribution < 1.29 is 0 Å². The first-order valence-corrected chi connectivity index (χ1v) is 6.95. The van der Waals surface area contributed by atoms with Crippen LogP contribution in [0.15, 0.2) is 48.5 Å². The highest BCUT2D eigenvalue weighted by atomic mass is 15.1. The molecule has 0 saturated carbocycles. The molecule has 20 heavy (non-hydrogen) atoms. The first kappa shape index (κ1) is 12.9. The van der Waals surface area contributed by atoms with E-state index in [2.05, 4.69) is 48.7 Å². The second kappa shape index (κ2) is 5.10. The lowest BCUT2D eigenvalue weighted by Crippen LogP contribution is -2.16. The van der Waals surface area contributed by atoms with Crippen molar-refractivity contribution in [3.05, 3.63) is 54.1 Å². The lowest BCUT2D eigenvalue weighted by atomic mass is 10.1. The van der Waals surface area contributed by atoms with Gasteiger partial charge in [0.1, 0.15) is 5.82 Å². The van der Waals surface area contributed by atoms with Crippen LogP contribution in [0.25, 0.3) is 22.4 Å². The van der Waals surface area contributed by atoms with Crippen LogP contribution in [-0.2, 0) is 0 Å². The zero-order valence-electron chi connectivity index (χ0n) is 11.9. The Morgan fingerprint density at radius 1 is 1.15 bits per heavy atom. The normalized spacial score (nSPS) is 12.8. The van der Waals surface area contributed by atoms with Crippen molar-refractivity contribution >= 4 is 11.0 Å². The molecule has 3 heteroatoms. The lowest BCUT2D eigenvalue weighted by Gasteiger charge is -2.16. The molecule has 2 N–H and O–H groups in total. The summed E-state index contributed by atoms with van der Waals surface area (Å²) in [4.78, 5) is 4.80. The Kier molecular flexibility index (Phi) is 3.28. The molecule has 0 aliphatic rings. The number of fused-ring (bicyclic) bond motifs is 1. The van der Waals surface area contributed by atoms with Crippen LogP contribution < -0.4 is 5.73 Å². The Labute approximate surface area is 119 Å². The van der Waals surface area contributed by atoms with Gasteiger partial charge in [0.15, 0.2) is 0 Å². The van der Waals surface area contributed by atoms with E-state index < -0.39 is 0 Å². The largest absolute Gasteiger partial charge is 0.328 e. The molecular weight excluding hydrogens is 246 g/mol. The van der Waals surface area contributed by atoms with E-state index in [0.29, 0.717) is 6.54 Å². The van der Waals surface area contributed by atoms with Crippen molar-refractivity contribution in [2.75, 3.05) is 6.54 Å². The molecule has 0 radical (unpaired) electrons. The predicted octanol–water partition coefficient (Wildman–Crippen LogP) is 3.53. The number of aromatic nitrogens is 2. The molecule has 1 unspecified atom stereocenters. The van der Waals surface area contributed by atoms with Crippen molar-refractivity contribution in [2.45, 2.75) is 19.9 Å². The highest BCUT2D eigenvalue weighted by molar-refractivity contribution is 5.81. The van der Waals surface area contributed by atoms with Gasteiger partial charge < -0.3 is 10.3 Å². The van der Waals surface area contributed by atoms with Crippen LogP contribution in [0.1, 0.15) is 18.5 Å². The van der Waals surface area contributed by atoms with Gasteiger partial charge in [-0.25, -0.2) is 4.98 Å². The van der Waals surface area contributed by atoms with Crippen LogP contribution in [0.3, 0.4) is 0 Å². The van der Waals surface area contributed by atoms with E-state index in [0.717, 1.165) is 22.4 Å². The third kappa shape index (κ3) is 2.10. The van der Waals surface area contributed by atoms with Gasteiger partial charge in [0, 0.05) is 18.2 Å². The maximum Gasteiger partial charge on any atom is 0.141 e. The molecule has 0 spiro atoms. The standard InChI is InChI=1S/C17H19N3/c1-12-6-5-7-14(10-12)17-19-15-8-3-4-9-16(15)20(17)13(2)11-18/h3-10,13H,11,18H2,1-2H3. The Balaban J connectivity index is 2.29. The summed E-state index contributed by atoms with van der Waals surface area (Å²) in [5.74, 6) is 0.993. The number of hydrogen-bond donors (Lipinski definition) is 1. The summed E-state index contributed by atoms with van der Waals surface area (Å²) >= 11 is 0. The maximum atomic E-state index is 5.88. The maximum absolute atomic E-state index is 5.88. The van der Waals surface area contributed by atoms with Gasteiger partial charge in [0.2, 0.25) is 0 Å². The summed E-state index contributed by atoms with van der Waals surface area (Å²) in [7, 11) is 0. The fraction of sp³-hybridized carbons (Fsp3) is 0.235. The van der Waals surface area contributed by atoms with Crippen LogP contribution in [0, 0.1) is 6.92 Å². The van der Waals surface area contributed by atoms with Gasteiger partial charge in [-0.3, -0.25) is 0 Å². The Hall–Kier alpha value is -2.13. The van der Waals surface area contributed by atoms with Gasteiger partial charge in [-0.05, 0) is 32.0 Å². The third-order valence-corrected chi connectivity index (χ3v) is 3.65. The summed E-state index contributed by atoms with van der Waals surface area (Å²) in [5, 5.41) is 0. The van der Waals surface area contributed by atoms with Crippen molar-refractivity contribution in [2.24, 2.45) is 5.73 Å². The monoisotopic (exact) mass is 265 g/mol. The molecule has 0 fully saturated rings. The molecule has 3 rings (SSSR count). The van der Waals surface area contributed by atoms with E-state index in [1.165, 1.54) is 5.56 Å². The number of nitrogens with zero attached hydrogens (tertiary/aromatic N) is 2. The number of para-hydroxylation sites is 2. The average Bonchev–Trinajstić information content (AvgIpc) is 2.86. The molecule has 0 saturated heterocycles. The van der Waals surface area contributed by atoms with Gasteiger partial charge in [-0.15, -0.1) is 0 Å². The highest BCUT2D eigenvalue weighted by Crippen LogP contribution is 2.28. The molecular formula is C17H19N3. The minimum Gasteiger partial charge on any atom is -0.328 e. The second-order valence-corrected chi connectivity index (χ2v) is 5.25. The van der Waals surface area contributed by atoms with Gasteiger partial charge in [0.25, 0.3) is 0 Å². The van der Waals surface area contributed by atoms with E-state index in [1.807, 2.05) is 18.2 Å². The Morgan fingerprint density at radius 3 is 2.70 bits per heavy atom. The SMILES string of the molecule is Cc1cccc(-c2nc3ccccc3n2C(C)CN)c1. The molecule has 1 atom stereocenters. The summed E-state index contributed by atoms with van der Waals surface area (Å²) < 4.78 is 2.24. The predicted molar refractivity (Wildman–Crippen MR) is 83.7 cm³/mol. The quantitative estimate of drug-likeness (QED) is 0.787. The number of benzene rings is 2. The smallest absolute Gasteiger partial charge is 0.141 e. The van der Waals surface area contributed by atoms with Gasteiger partial charge in [0.05, 0.1) is 11.0 Å². The van der Waals surface area contributed by atoms with E-state index in [4.69, 9.17) is 10.7 Å². The van der Waals surface area contributed by atoms with Gasteiger partial charge in [-0.2, -0.15) is 0 Å². The number of imidazole rings is 1. The van der Waals surface area contributed by atoms with E-state index in [9.17, 15) is 0 Å². The van der Waals surface area contributed by atoms with E-state index >= 15 is 0 Å². The van der Waals surface area contributed by atoms with Crippen molar-refractivity contribution in [3.63, 3.8) is 0 Å². The van der Waals surface area contributed by atoms with E-state index in [-0.39, 0.29) is 6.04 Å². The van der Waals surface area contributed by atoms with Crippen LogP contribution in [0.2, 0.25) is 0 Å². The summed E-state index contributed by atoms with van der Waals surface area (Å²) in [6.45, 7) is 4.83. The van der Waals surface area contributed by atoms with Crippen LogP contribution >= 0.6 is 0 Å². The first-order chi connectivity index (χ1) is 9.70. The molecule has 0 amide bonds. The van der Waals surface area contributed by atoms with Gasteiger partial charge in [-0.1, -0.05) is 35.9 Å². The van der Waals surface area contributed by atoms with Crippen molar-refractivity contribution in [1.82, 2.24) is 9.55 Å². The van der Waals surface area contributed by atoms with Crippen LogP contribution in [0.5, 0.6) is 0 Å². The van der Waals surface area contributed by atoms with Crippen LogP contribution in [0.4, 0.5) is 0 Å². The Bertz CT molecular complexity index is 743. The fourth-order valence-corrected chi connectivity index (χ4v) is 2.58. The van der Waals surface area contributed by atoms with Gasteiger partial charge >= 0.3 is 0 Å². The number of aryl methyl sites for hydroxylation is 1. The molecule has 2 aromatic carbocycles. The zero-order chi connectivity index (χ0) is 14.1. The minimum absolute atomic E-state index is 0.220. The molecule has 0 aliphatic heterocycles. The second-order valence-electron chi connectivity index (χ2n) is 5.25. The average molecular weight is 265 g/mol. The number of nitrogens with two attached hydrogens (primary N) is 1. The molecule has 0 aliphatic carbocycles. The minimum atomic E-state index is 0.220.